The number of fused-ring (bicyclic) bond motifs is 3. The molecule has 9 heteroatoms. The smallest absolute Gasteiger partial charge is 0.274 e. The van der Waals surface area contributed by atoms with Gasteiger partial charge >= 0.3 is 0 Å². The minimum atomic E-state index is -0.479. The van der Waals surface area contributed by atoms with Gasteiger partial charge in [-0.1, -0.05) is 0 Å². The fourth-order valence-corrected chi connectivity index (χ4v) is 5.28. The zero-order valence-electron chi connectivity index (χ0n) is 16.7. The summed E-state index contributed by atoms with van der Waals surface area (Å²) in [6.45, 7) is 1.84. The minimum absolute atomic E-state index is 0.00733. The molecule has 0 atom stereocenters. The van der Waals surface area contributed by atoms with Crippen LogP contribution in [0.2, 0.25) is 0 Å². The fourth-order valence-electron chi connectivity index (χ4n) is 5.28. The number of rotatable bonds is 3. The Bertz CT molecular complexity index is 940. The van der Waals surface area contributed by atoms with E-state index in [0.29, 0.717) is 38.2 Å². The maximum Gasteiger partial charge on any atom is 0.274 e. The highest BCUT2D eigenvalue weighted by atomic mass is 16.5. The van der Waals surface area contributed by atoms with Crippen molar-refractivity contribution >= 4 is 11.8 Å². The summed E-state index contributed by atoms with van der Waals surface area (Å²) in [5.41, 5.74) is 4.32. The fraction of sp³-hybridized carbons (Fsp3) is 0.600. The van der Waals surface area contributed by atoms with Gasteiger partial charge in [-0.25, -0.2) is 4.98 Å². The zero-order chi connectivity index (χ0) is 20.0. The Kier molecular flexibility index (Phi) is 4.42. The Morgan fingerprint density at radius 2 is 2.00 bits per heavy atom. The van der Waals surface area contributed by atoms with Crippen LogP contribution in [-0.4, -0.2) is 75.1 Å². The molecule has 1 spiro atoms. The number of imidazole rings is 1. The van der Waals surface area contributed by atoms with Gasteiger partial charge in [-0.15, -0.1) is 0 Å². The lowest BCUT2D eigenvalue weighted by molar-refractivity contribution is -0.145. The first-order chi connectivity index (χ1) is 14.1. The second-order valence-electron chi connectivity index (χ2n) is 8.16. The van der Waals surface area contributed by atoms with Gasteiger partial charge in [0.15, 0.2) is 5.69 Å². The number of nitrogens with zero attached hydrogens (tertiary/aromatic N) is 4. The monoisotopic (exact) mass is 398 g/mol. The molecule has 1 fully saturated rings. The van der Waals surface area contributed by atoms with Crippen LogP contribution in [0.5, 0.6) is 0 Å². The lowest BCUT2D eigenvalue weighted by Gasteiger charge is -2.50. The van der Waals surface area contributed by atoms with Crippen LogP contribution in [0, 0.1) is 0 Å². The number of hydrogen-bond acceptors (Lipinski definition) is 5. The molecule has 0 unspecified atom stereocenters. The number of aromatic nitrogens is 4. The van der Waals surface area contributed by atoms with Crippen LogP contribution in [-0.2, 0) is 34.3 Å². The van der Waals surface area contributed by atoms with E-state index >= 15 is 0 Å². The van der Waals surface area contributed by atoms with Crippen molar-refractivity contribution in [2.75, 3.05) is 33.4 Å². The highest BCUT2D eigenvalue weighted by Gasteiger charge is 2.49. The molecule has 154 valence electrons. The number of piperidine rings is 1. The van der Waals surface area contributed by atoms with Gasteiger partial charge in [-0.05, 0) is 32.1 Å². The molecular formula is C20H26N6O3. The van der Waals surface area contributed by atoms with Crippen LogP contribution >= 0.6 is 0 Å². The minimum Gasteiger partial charge on any atom is -0.375 e. The Balaban J connectivity index is 1.39. The molecule has 5 rings (SSSR count). The maximum atomic E-state index is 13.1. The van der Waals surface area contributed by atoms with Gasteiger partial charge in [0, 0.05) is 50.1 Å². The molecule has 1 saturated heterocycles. The van der Waals surface area contributed by atoms with Crippen molar-refractivity contribution in [1.82, 2.24) is 30.0 Å². The normalized spacial score (nSPS) is 20.0. The number of carbonyl (C=O) groups is 2. The molecule has 3 aliphatic rings. The predicted molar refractivity (Wildman–Crippen MR) is 103 cm³/mol. The number of methoxy groups -OCH3 is 1. The number of amides is 2. The van der Waals surface area contributed by atoms with E-state index < -0.39 is 5.54 Å². The molecule has 9 nitrogen and oxygen atoms in total. The number of likely N-dealkylation sites (tertiary alicyclic amines) is 1. The van der Waals surface area contributed by atoms with Gasteiger partial charge in [-0.2, -0.15) is 5.10 Å². The molecule has 0 bridgehead atoms. The third kappa shape index (κ3) is 2.78. The molecule has 29 heavy (non-hydrogen) atoms. The van der Waals surface area contributed by atoms with Crippen LogP contribution < -0.4 is 0 Å². The van der Waals surface area contributed by atoms with Gasteiger partial charge in [0.05, 0.1) is 17.6 Å². The highest BCUT2D eigenvalue weighted by molar-refractivity contribution is 5.94. The van der Waals surface area contributed by atoms with E-state index in [1.165, 1.54) is 7.11 Å². The van der Waals surface area contributed by atoms with Crippen molar-refractivity contribution in [2.24, 2.45) is 0 Å². The van der Waals surface area contributed by atoms with Gasteiger partial charge in [0.2, 0.25) is 5.91 Å². The number of hydrogen-bond donors (Lipinski definition) is 2. The molecule has 2 amide bonds. The van der Waals surface area contributed by atoms with Crippen LogP contribution in [0.4, 0.5) is 0 Å². The average Bonchev–Trinajstić information content (AvgIpc) is 3.45. The van der Waals surface area contributed by atoms with Gasteiger partial charge < -0.3 is 19.5 Å². The quantitative estimate of drug-likeness (QED) is 0.795. The molecule has 2 aliphatic heterocycles. The van der Waals surface area contributed by atoms with E-state index in [1.54, 1.807) is 6.33 Å². The van der Waals surface area contributed by atoms with Crippen molar-refractivity contribution in [3.63, 3.8) is 0 Å². The Morgan fingerprint density at radius 3 is 2.79 bits per heavy atom. The first kappa shape index (κ1) is 18.4. The molecule has 2 N–H and O–H groups in total. The van der Waals surface area contributed by atoms with Crippen molar-refractivity contribution in [1.29, 1.82) is 0 Å². The highest BCUT2D eigenvalue weighted by Crippen LogP contribution is 2.42. The van der Waals surface area contributed by atoms with E-state index in [1.807, 2.05) is 9.80 Å². The number of H-pyrrole nitrogens is 2. The average molecular weight is 398 g/mol. The summed E-state index contributed by atoms with van der Waals surface area (Å²) in [6.07, 6.45) is 6.76. The number of aromatic amines is 2. The van der Waals surface area contributed by atoms with Gasteiger partial charge in [0.25, 0.3) is 5.91 Å². The summed E-state index contributed by atoms with van der Waals surface area (Å²) in [6, 6.07) is 0. The topological polar surface area (TPSA) is 107 Å². The molecular weight excluding hydrogens is 372 g/mol. The van der Waals surface area contributed by atoms with Crippen molar-refractivity contribution in [3.05, 3.63) is 34.7 Å². The molecule has 2 aromatic rings. The molecule has 1 aliphatic carbocycles. The molecule has 0 radical (unpaired) electrons. The van der Waals surface area contributed by atoms with E-state index in [4.69, 9.17) is 4.74 Å². The molecule has 0 aromatic carbocycles. The summed E-state index contributed by atoms with van der Waals surface area (Å²) >= 11 is 0. The first-order valence-corrected chi connectivity index (χ1v) is 10.3. The maximum absolute atomic E-state index is 13.1. The Morgan fingerprint density at radius 1 is 1.17 bits per heavy atom. The van der Waals surface area contributed by atoms with Crippen LogP contribution in [0.1, 0.15) is 52.4 Å². The number of carbonyl (C=O) groups excluding carboxylic acids is 2. The van der Waals surface area contributed by atoms with Gasteiger partial charge in [-0.3, -0.25) is 14.7 Å². The van der Waals surface area contributed by atoms with E-state index in [9.17, 15) is 9.59 Å². The lowest BCUT2D eigenvalue weighted by Crippen LogP contribution is -2.59. The summed E-state index contributed by atoms with van der Waals surface area (Å²) < 4.78 is 5.12. The summed E-state index contributed by atoms with van der Waals surface area (Å²) in [7, 11) is 1.54. The molecule has 2 aromatic heterocycles. The third-order valence-corrected chi connectivity index (χ3v) is 6.72. The van der Waals surface area contributed by atoms with Gasteiger partial charge in [0.1, 0.15) is 6.61 Å². The van der Waals surface area contributed by atoms with Crippen LogP contribution in [0.15, 0.2) is 6.33 Å². The number of aryl methyl sites for hydroxylation is 1. The Hall–Kier alpha value is -2.68. The second kappa shape index (κ2) is 6.98. The summed E-state index contributed by atoms with van der Waals surface area (Å²) in [5.74, 6) is -0.0295. The van der Waals surface area contributed by atoms with Crippen molar-refractivity contribution in [2.45, 2.75) is 44.1 Å². The SMILES string of the molecule is COCC(=O)N1CCc2[nH]cnc2C12CCN(C(=O)c1n[nH]c3c1CCC3)CC2. The predicted octanol–water partition coefficient (Wildman–Crippen LogP) is 0.784. The molecule has 0 saturated carbocycles. The third-order valence-electron chi connectivity index (χ3n) is 6.72. The van der Waals surface area contributed by atoms with E-state index in [2.05, 4.69) is 20.2 Å². The summed E-state index contributed by atoms with van der Waals surface area (Å²) in [4.78, 5) is 37.5. The van der Waals surface area contributed by atoms with E-state index in [0.717, 1.165) is 48.3 Å². The standard InChI is InChI=1S/C20H26N6O3/c1-29-11-16(27)26-8-5-15-18(22-12-21-15)20(26)6-9-25(10-7-20)19(28)17-13-3-2-4-14(13)23-24-17/h12H,2-11H2,1H3,(H,21,22)(H,23,24). The van der Waals surface area contributed by atoms with E-state index in [-0.39, 0.29) is 18.4 Å². The Labute approximate surface area is 168 Å². The van der Waals surface area contributed by atoms with Crippen molar-refractivity contribution < 1.29 is 14.3 Å². The first-order valence-electron chi connectivity index (χ1n) is 10.3. The summed E-state index contributed by atoms with van der Waals surface area (Å²) in [5, 5.41) is 7.33. The lowest BCUT2D eigenvalue weighted by atomic mass is 9.78. The van der Waals surface area contributed by atoms with Crippen molar-refractivity contribution in [3.8, 4) is 0 Å². The number of nitrogens with one attached hydrogen (secondary N) is 2. The van der Waals surface area contributed by atoms with Crippen LogP contribution in [0.3, 0.4) is 0 Å². The largest absolute Gasteiger partial charge is 0.375 e. The van der Waals surface area contributed by atoms with Crippen LogP contribution in [0.25, 0.3) is 0 Å². The number of ether oxygens (including phenoxy) is 1. The molecule has 4 heterocycles. The zero-order valence-corrected chi connectivity index (χ0v) is 16.7. The second-order valence-corrected chi connectivity index (χ2v) is 8.16.